The van der Waals surface area contributed by atoms with Gasteiger partial charge >= 0.3 is 0 Å². The first-order valence-electron chi connectivity index (χ1n) is 18.1. The Hall–Kier alpha value is -5.55. The third-order valence-electron chi connectivity index (χ3n) is 9.55. The summed E-state index contributed by atoms with van der Waals surface area (Å²) in [5, 5.41) is 11.8. The second kappa shape index (κ2) is 16.2. The number of benzene rings is 6. The minimum Gasteiger partial charge on any atom is -0.557 e. The monoisotopic (exact) mass is 888 g/mol. The molecule has 273 valence electrons. The summed E-state index contributed by atoms with van der Waals surface area (Å²) in [6.07, 6.45) is 4.46. The molecule has 0 fully saturated rings. The van der Waals surface area contributed by atoms with Gasteiger partial charge in [-0.05, 0) is 94.1 Å². The Labute approximate surface area is 330 Å². The first kappa shape index (κ1) is 38.2. The van der Waals surface area contributed by atoms with Gasteiger partial charge < -0.3 is 14.1 Å². The molecule has 5 nitrogen and oxygen atoms in total. The molecule has 1 radical (unpaired) electrons. The number of rotatable bonds is 7. The predicted molar refractivity (Wildman–Crippen MR) is 219 cm³/mol. The molecule has 0 bridgehead atoms. The van der Waals surface area contributed by atoms with E-state index in [0.29, 0.717) is 0 Å². The van der Waals surface area contributed by atoms with E-state index in [4.69, 9.17) is 14.5 Å². The molecule has 0 unspecified atom stereocenters. The van der Waals surface area contributed by atoms with E-state index in [-0.39, 0.29) is 43.5 Å². The normalized spacial score (nSPS) is 11.6. The fourth-order valence-corrected chi connectivity index (χ4v) is 7.12. The van der Waals surface area contributed by atoms with Crippen LogP contribution in [0.1, 0.15) is 64.5 Å². The molecule has 0 aliphatic rings. The Kier molecular flexibility index (Phi) is 11.5. The Morgan fingerprint density at radius 1 is 0.722 bits per heavy atom. The van der Waals surface area contributed by atoms with Crippen LogP contribution in [0.2, 0.25) is 0 Å². The first-order valence-corrected chi connectivity index (χ1v) is 18.1. The van der Waals surface area contributed by atoms with Gasteiger partial charge in [0, 0.05) is 43.7 Å². The second-order valence-corrected chi connectivity index (χ2v) is 14.2. The van der Waals surface area contributed by atoms with Gasteiger partial charge in [0.25, 0.3) is 0 Å². The van der Waals surface area contributed by atoms with Crippen molar-refractivity contribution in [2.24, 2.45) is 0 Å². The number of aliphatic hydroxyl groups is 1. The number of allylic oxidation sites excluding steroid dienone is 2. The molecule has 8 rings (SSSR count). The van der Waals surface area contributed by atoms with Crippen LogP contribution in [0.3, 0.4) is 0 Å². The van der Waals surface area contributed by atoms with Crippen LogP contribution >= 0.6 is 0 Å². The third-order valence-corrected chi connectivity index (χ3v) is 9.55. The van der Waals surface area contributed by atoms with Crippen LogP contribution in [0.5, 0.6) is 0 Å². The zero-order chi connectivity index (χ0) is 37.2. The van der Waals surface area contributed by atoms with E-state index in [9.17, 15) is 4.79 Å². The number of hydrogen-bond acceptors (Lipinski definition) is 4. The molecule has 6 heteroatoms. The van der Waals surface area contributed by atoms with Gasteiger partial charge in [-0.25, -0.2) is 0 Å². The molecule has 0 amide bonds. The molecular weight excluding hydrogens is 845 g/mol. The topological polar surface area (TPSA) is 68.3 Å². The maximum absolute atomic E-state index is 10.0. The zero-order valence-electron chi connectivity index (χ0n) is 31.3. The van der Waals surface area contributed by atoms with Crippen molar-refractivity contribution in [1.29, 1.82) is 0 Å². The Morgan fingerprint density at radius 3 is 2.04 bits per heavy atom. The molecule has 0 saturated carbocycles. The summed E-state index contributed by atoms with van der Waals surface area (Å²) in [7, 11) is 0. The molecular formula is C48H43IrN2O3-. The van der Waals surface area contributed by atoms with E-state index < -0.39 is 0 Å². The molecule has 8 aromatic rings. The molecule has 1 N–H and O–H groups in total. The molecule has 0 aliphatic carbocycles. The number of para-hydroxylation sites is 2. The second-order valence-electron chi connectivity index (χ2n) is 14.2. The van der Waals surface area contributed by atoms with Crippen molar-refractivity contribution >= 4 is 38.6 Å². The number of aromatic nitrogens is 2. The van der Waals surface area contributed by atoms with Crippen LogP contribution in [0, 0.1) is 6.26 Å². The fourth-order valence-electron chi connectivity index (χ4n) is 7.12. The summed E-state index contributed by atoms with van der Waals surface area (Å²) in [6.45, 7) is 12.0. The molecule has 0 saturated heterocycles. The van der Waals surface area contributed by atoms with E-state index >= 15 is 0 Å². The van der Waals surface area contributed by atoms with Crippen molar-refractivity contribution < 1.29 is 34.4 Å². The molecule has 6 aromatic carbocycles. The van der Waals surface area contributed by atoms with Crippen LogP contribution in [0.15, 0.2) is 144 Å². The smallest absolute Gasteiger partial charge is 0.155 e. The summed E-state index contributed by atoms with van der Waals surface area (Å²) in [4.78, 5) is 15.3. The summed E-state index contributed by atoms with van der Waals surface area (Å²) in [5.41, 5.74) is 12.3. The number of fused-ring (bicyclic) bond motifs is 3. The summed E-state index contributed by atoms with van der Waals surface area (Å²) in [5.74, 6) is 1.35. The molecule has 54 heavy (non-hydrogen) atoms. The number of furan rings is 1. The minimum absolute atomic E-state index is 0. The van der Waals surface area contributed by atoms with Crippen molar-refractivity contribution in [2.45, 2.75) is 53.4 Å². The molecule has 0 spiro atoms. The summed E-state index contributed by atoms with van der Waals surface area (Å²) < 4.78 is 8.48. The standard InChI is InChI=1S/C43H35N2O.C5H8O2.Ir/c1-27(2)35-24-32(29-13-6-5-7-14-29)25-36(28(3)4)42(35)45-40-20-11-10-19-39(40)44-43(45)38-26-46-41-22-21-31(23-37(38)41)34-18-12-16-30-15-8-9-17-33(30)34;1-4(6)3-5(2)7;/h5-25,27-28H,1-4H3;3,6H,1-2H3;/q-1;;/b;4-3-;. The Morgan fingerprint density at radius 2 is 1.37 bits per heavy atom. The number of aliphatic hydroxyl groups excluding tert-OH is 1. The Bertz CT molecular complexity index is 2590. The first-order chi connectivity index (χ1) is 25.6. The maximum atomic E-state index is 10.0. The maximum Gasteiger partial charge on any atom is 0.155 e. The van der Waals surface area contributed by atoms with Crippen molar-refractivity contribution in [1.82, 2.24) is 9.55 Å². The van der Waals surface area contributed by atoms with Gasteiger partial charge in [-0.15, -0.1) is 0 Å². The quantitative estimate of drug-likeness (QED) is 0.0983. The van der Waals surface area contributed by atoms with E-state index in [1.54, 1.807) is 0 Å². The summed E-state index contributed by atoms with van der Waals surface area (Å²) in [6, 6.07) is 45.3. The third kappa shape index (κ3) is 7.59. The average Bonchev–Trinajstić information content (AvgIpc) is 3.75. The molecule has 0 atom stereocenters. The van der Waals surface area contributed by atoms with Crippen LogP contribution in [-0.4, -0.2) is 20.4 Å². The van der Waals surface area contributed by atoms with Crippen LogP contribution in [0.25, 0.3) is 72.1 Å². The molecule has 0 aliphatic heterocycles. The van der Waals surface area contributed by atoms with Gasteiger partial charge in [0.05, 0.1) is 22.6 Å². The number of imidazole rings is 1. The van der Waals surface area contributed by atoms with Crippen LogP contribution < -0.4 is 0 Å². The largest absolute Gasteiger partial charge is 0.557 e. The number of ketones is 1. The van der Waals surface area contributed by atoms with Crippen molar-refractivity contribution in [3.8, 4) is 39.3 Å². The van der Waals surface area contributed by atoms with Gasteiger partial charge in [0.2, 0.25) is 0 Å². The van der Waals surface area contributed by atoms with E-state index in [1.165, 1.54) is 64.2 Å². The number of carbonyl (C=O) groups is 1. The predicted octanol–water partition coefficient (Wildman–Crippen LogP) is 13.0. The van der Waals surface area contributed by atoms with E-state index in [1.807, 2.05) is 0 Å². The van der Waals surface area contributed by atoms with Crippen LogP contribution in [0.4, 0.5) is 0 Å². The number of nitrogens with zero attached hydrogens (tertiary/aromatic N) is 2. The van der Waals surface area contributed by atoms with Gasteiger partial charge in [0.1, 0.15) is 0 Å². The van der Waals surface area contributed by atoms with Gasteiger partial charge in [0.15, 0.2) is 5.78 Å². The number of hydrogen-bond donors (Lipinski definition) is 1. The van der Waals surface area contributed by atoms with Gasteiger partial charge in [-0.1, -0.05) is 142 Å². The summed E-state index contributed by atoms with van der Waals surface area (Å²) >= 11 is 0. The zero-order valence-corrected chi connectivity index (χ0v) is 33.7. The SMILES string of the molecule is CC(=O)/C=C(/C)O.CC(C)c1cc(-c2ccccc2)cc(C(C)C)c1-n1c(-c2[c-]oc3ccc(-c4cccc5ccccc45)cc23)nc2ccccc21.[Ir]. The fraction of sp³-hybridized carbons (Fsp3) is 0.167. The minimum atomic E-state index is -0.125. The van der Waals surface area contributed by atoms with Crippen molar-refractivity contribution in [2.75, 3.05) is 0 Å². The van der Waals surface area contributed by atoms with Gasteiger partial charge in [-0.3, -0.25) is 9.78 Å². The van der Waals surface area contributed by atoms with Gasteiger partial charge in [-0.2, -0.15) is 0 Å². The Balaban J connectivity index is 0.000000569. The average molecular weight is 888 g/mol. The molecule has 2 heterocycles. The molecule has 2 aromatic heterocycles. The van der Waals surface area contributed by atoms with E-state index in [0.717, 1.165) is 39.0 Å². The van der Waals surface area contributed by atoms with Crippen LogP contribution in [-0.2, 0) is 24.9 Å². The number of carbonyl (C=O) groups excluding carboxylic acids is 1. The van der Waals surface area contributed by atoms with Crippen molar-refractivity contribution in [3.63, 3.8) is 0 Å². The van der Waals surface area contributed by atoms with E-state index in [2.05, 4.69) is 166 Å². The van der Waals surface area contributed by atoms with Crippen molar-refractivity contribution in [3.05, 3.63) is 157 Å².